The van der Waals surface area contributed by atoms with Crippen molar-refractivity contribution in [2.75, 3.05) is 19.0 Å². The SMILES string of the molecule is COc1cc(C(=O)N2C[C@H]3CC[C@@H]2[C@@H]3N)cc2nc(-c3cc4ccc(-c5cccc(NC(=O)C=C(C)C)c5C)nc4n3CC3CC3)n(C)c12. The number of hydrogen-bond acceptors (Lipinski definition) is 6. The average molecular weight is 658 g/mol. The van der Waals surface area contributed by atoms with Gasteiger partial charge >= 0.3 is 0 Å². The Labute approximate surface area is 285 Å². The number of carbonyl (C=O) groups is 2. The van der Waals surface area contributed by atoms with Crippen LogP contribution in [0.5, 0.6) is 5.75 Å². The second kappa shape index (κ2) is 11.9. The molecule has 3 atom stereocenters. The molecule has 3 fully saturated rings. The maximum atomic E-state index is 13.8. The van der Waals surface area contributed by atoms with Gasteiger partial charge in [-0.25, -0.2) is 9.97 Å². The molecule has 252 valence electrons. The average Bonchev–Trinajstić information content (AvgIpc) is 3.48. The third-order valence-corrected chi connectivity index (χ3v) is 10.7. The smallest absolute Gasteiger partial charge is 0.254 e. The predicted octanol–water partition coefficient (Wildman–Crippen LogP) is 6.45. The van der Waals surface area contributed by atoms with E-state index >= 15 is 0 Å². The number of allylic oxidation sites excluding steroid dienone is 1. The van der Waals surface area contributed by atoms with Crippen LogP contribution in [0.25, 0.3) is 44.8 Å². The molecule has 10 nitrogen and oxygen atoms in total. The Morgan fingerprint density at radius 1 is 1.06 bits per heavy atom. The second-order valence-corrected chi connectivity index (χ2v) is 14.4. The van der Waals surface area contributed by atoms with E-state index in [1.165, 1.54) is 12.8 Å². The van der Waals surface area contributed by atoms with Crippen LogP contribution in [-0.4, -0.2) is 61.6 Å². The first kappa shape index (κ1) is 31.3. The van der Waals surface area contributed by atoms with Crippen LogP contribution in [0, 0.1) is 18.8 Å². The van der Waals surface area contributed by atoms with Crippen LogP contribution in [0.1, 0.15) is 55.5 Å². The molecule has 3 aromatic heterocycles. The molecule has 2 amide bonds. The number of nitrogens with one attached hydrogen (secondary N) is 1. The number of rotatable bonds is 8. The van der Waals surface area contributed by atoms with Gasteiger partial charge in [0.05, 0.1) is 24.0 Å². The van der Waals surface area contributed by atoms with E-state index in [4.69, 9.17) is 20.4 Å². The molecule has 10 heteroatoms. The molecule has 2 aromatic carbocycles. The third kappa shape index (κ3) is 5.38. The zero-order valence-corrected chi connectivity index (χ0v) is 28.8. The number of imidazole rings is 1. The summed E-state index contributed by atoms with van der Waals surface area (Å²) in [5, 5.41) is 4.05. The Balaban J connectivity index is 1.20. The Kier molecular flexibility index (Phi) is 7.59. The van der Waals surface area contributed by atoms with Crippen LogP contribution < -0.4 is 15.8 Å². The molecule has 49 heavy (non-hydrogen) atoms. The Morgan fingerprint density at radius 3 is 2.57 bits per heavy atom. The molecule has 2 bridgehead atoms. The summed E-state index contributed by atoms with van der Waals surface area (Å²) in [6, 6.07) is 16.2. The number of aryl methyl sites for hydroxylation is 1. The molecule has 1 aliphatic heterocycles. The van der Waals surface area contributed by atoms with E-state index in [2.05, 4.69) is 26.6 Å². The molecular formula is C39H43N7O3. The zero-order valence-electron chi connectivity index (χ0n) is 28.8. The van der Waals surface area contributed by atoms with Gasteiger partial charge in [0.1, 0.15) is 16.9 Å². The minimum absolute atomic E-state index is 0.00880. The number of hydrogen-bond donors (Lipinski definition) is 2. The molecular weight excluding hydrogens is 614 g/mol. The summed E-state index contributed by atoms with van der Waals surface area (Å²) in [5.74, 6) is 2.23. The minimum Gasteiger partial charge on any atom is -0.494 e. The van der Waals surface area contributed by atoms with Crippen molar-refractivity contribution >= 4 is 39.6 Å². The first-order valence-electron chi connectivity index (χ1n) is 17.3. The molecule has 3 aliphatic rings. The van der Waals surface area contributed by atoms with Gasteiger partial charge in [-0.15, -0.1) is 0 Å². The fourth-order valence-electron chi connectivity index (χ4n) is 7.95. The highest BCUT2D eigenvalue weighted by atomic mass is 16.5. The fraction of sp³-hybridized carbons (Fsp3) is 0.385. The molecule has 8 rings (SSSR count). The van der Waals surface area contributed by atoms with Crippen molar-refractivity contribution < 1.29 is 14.3 Å². The van der Waals surface area contributed by atoms with Gasteiger partial charge in [0, 0.05) is 60.5 Å². The Morgan fingerprint density at radius 2 is 1.88 bits per heavy atom. The van der Waals surface area contributed by atoms with E-state index in [9.17, 15) is 9.59 Å². The lowest BCUT2D eigenvalue weighted by atomic mass is 10.0. The van der Waals surface area contributed by atoms with Crippen molar-refractivity contribution in [1.29, 1.82) is 0 Å². The van der Waals surface area contributed by atoms with E-state index in [1.54, 1.807) is 13.2 Å². The van der Waals surface area contributed by atoms with E-state index in [1.807, 2.05) is 69.1 Å². The lowest BCUT2D eigenvalue weighted by Crippen LogP contribution is -2.41. The predicted molar refractivity (Wildman–Crippen MR) is 192 cm³/mol. The Hall–Kier alpha value is -4.96. The van der Waals surface area contributed by atoms with Gasteiger partial charge in [0.25, 0.3) is 5.91 Å². The number of piperidine rings is 1. The summed E-state index contributed by atoms with van der Waals surface area (Å²) in [6.45, 7) is 7.38. The number of pyridine rings is 1. The summed E-state index contributed by atoms with van der Waals surface area (Å²) in [6.07, 6.45) is 6.03. The van der Waals surface area contributed by atoms with Crippen LogP contribution in [-0.2, 0) is 18.4 Å². The van der Waals surface area contributed by atoms with Gasteiger partial charge in [-0.1, -0.05) is 17.7 Å². The number of nitrogens with zero attached hydrogens (tertiary/aromatic N) is 5. The topological polar surface area (TPSA) is 120 Å². The van der Waals surface area contributed by atoms with Gasteiger partial charge in [-0.05, 0) is 100 Å². The van der Waals surface area contributed by atoms with E-state index in [-0.39, 0.29) is 23.9 Å². The largest absolute Gasteiger partial charge is 0.494 e. The zero-order chi connectivity index (χ0) is 34.1. The highest BCUT2D eigenvalue weighted by Gasteiger charge is 2.47. The standard InChI is InChI=1S/C39H43N7O3/c1-21(2)15-34(47)41-28-8-6-7-27(22(28)3)29-13-11-24-17-32(45(37(24)42-29)19-23-9-10-23)38-43-30-16-26(18-33(49-5)36(30)44(38)4)39(48)46-20-25-12-14-31(46)35(25)40/h6-8,11,13,15-18,23,25,31,35H,9-10,12,14,19-20,40H2,1-5H3,(H,41,47)/t25-,31-,35-/m1/s1. The van der Waals surface area contributed by atoms with Crippen LogP contribution in [0.3, 0.4) is 0 Å². The van der Waals surface area contributed by atoms with Crippen LogP contribution in [0.4, 0.5) is 5.69 Å². The number of carbonyl (C=O) groups excluding carboxylic acids is 2. The van der Waals surface area contributed by atoms with E-state index in [0.717, 1.165) is 75.5 Å². The molecule has 4 heterocycles. The first-order valence-corrected chi connectivity index (χ1v) is 17.3. The number of methoxy groups -OCH3 is 1. The van der Waals surface area contributed by atoms with Gasteiger partial charge in [0.2, 0.25) is 5.91 Å². The number of anilines is 1. The molecule has 3 N–H and O–H groups in total. The molecule has 0 radical (unpaired) electrons. The van der Waals surface area contributed by atoms with Gasteiger partial charge in [-0.2, -0.15) is 0 Å². The number of likely N-dealkylation sites (tertiary alicyclic amines) is 1. The normalized spacial score (nSPS) is 20.0. The van der Waals surface area contributed by atoms with E-state index < -0.39 is 0 Å². The van der Waals surface area contributed by atoms with Gasteiger partial charge < -0.3 is 29.8 Å². The number of amides is 2. The fourth-order valence-corrected chi connectivity index (χ4v) is 7.95. The van der Waals surface area contributed by atoms with E-state index in [0.29, 0.717) is 35.2 Å². The van der Waals surface area contributed by atoms with Gasteiger partial charge in [0.15, 0.2) is 5.82 Å². The lowest BCUT2D eigenvalue weighted by molar-refractivity contribution is -0.112. The van der Waals surface area contributed by atoms with Crippen molar-refractivity contribution in [3.63, 3.8) is 0 Å². The van der Waals surface area contributed by atoms with Crippen molar-refractivity contribution in [1.82, 2.24) is 24.0 Å². The summed E-state index contributed by atoms with van der Waals surface area (Å²) < 4.78 is 10.2. The van der Waals surface area contributed by atoms with Crippen molar-refractivity contribution in [3.8, 4) is 28.5 Å². The third-order valence-electron chi connectivity index (χ3n) is 10.7. The number of benzene rings is 2. The van der Waals surface area contributed by atoms with Crippen LogP contribution in [0.15, 0.2) is 60.2 Å². The summed E-state index contributed by atoms with van der Waals surface area (Å²) in [5.41, 5.74) is 14.9. The second-order valence-electron chi connectivity index (χ2n) is 14.4. The number of ether oxygens (including phenoxy) is 1. The quantitative estimate of drug-likeness (QED) is 0.185. The van der Waals surface area contributed by atoms with Crippen LogP contribution >= 0.6 is 0 Å². The van der Waals surface area contributed by atoms with Gasteiger partial charge in [-0.3, -0.25) is 9.59 Å². The molecule has 2 saturated carbocycles. The monoisotopic (exact) mass is 657 g/mol. The highest BCUT2D eigenvalue weighted by molar-refractivity contribution is 6.01. The van der Waals surface area contributed by atoms with Crippen molar-refractivity contribution in [3.05, 3.63) is 71.3 Å². The maximum Gasteiger partial charge on any atom is 0.254 e. The Bertz CT molecular complexity index is 2190. The minimum atomic E-state index is -0.144. The maximum absolute atomic E-state index is 13.8. The lowest BCUT2D eigenvalue weighted by Gasteiger charge is -2.27. The number of fused-ring (bicyclic) bond motifs is 4. The summed E-state index contributed by atoms with van der Waals surface area (Å²) in [4.78, 5) is 38.7. The molecule has 2 aliphatic carbocycles. The molecule has 0 spiro atoms. The highest BCUT2D eigenvalue weighted by Crippen LogP contribution is 2.40. The molecule has 5 aromatic rings. The van der Waals surface area contributed by atoms with Crippen molar-refractivity contribution in [2.45, 2.75) is 65.1 Å². The molecule has 0 unspecified atom stereocenters. The number of aromatic nitrogens is 4. The first-order chi connectivity index (χ1) is 23.6. The van der Waals surface area contributed by atoms with Crippen molar-refractivity contribution in [2.24, 2.45) is 24.6 Å². The summed E-state index contributed by atoms with van der Waals surface area (Å²) in [7, 11) is 3.65. The molecule has 1 saturated heterocycles. The summed E-state index contributed by atoms with van der Waals surface area (Å²) >= 11 is 0. The van der Waals surface area contributed by atoms with Crippen LogP contribution in [0.2, 0.25) is 0 Å². The number of nitrogens with two attached hydrogens (primary N) is 1.